The summed E-state index contributed by atoms with van der Waals surface area (Å²) < 4.78 is 39.9. The molecule has 2 rings (SSSR count). The van der Waals surface area contributed by atoms with Gasteiger partial charge >= 0.3 is 0 Å². The molecular weight excluding hydrogens is 303 g/mol. The minimum absolute atomic E-state index is 0.0287. The SMILES string of the molecule is CCNCc1cc(S(=O)(=O)N(C)C2CC2)cc(F)c1Cl. The van der Waals surface area contributed by atoms with Crippen LogP contribution in [0, 0.1) is 5.82 Å². The highest BCUT2D eigenvalue weighted by Gasteiger charge is 2.35. The molecule has 1 aromatic carbocycles. The molecule has 0 aromatic heterocycles. The molecule has 112 valence electrons. The molecule has 0 heterocycles. The number of hydrogen-bond donors (Lipinski definition) is 1. The number of nitrogens with zero attached hydrogens (tertiary/aromatic N) is 1. The third-order valence-corrected chi connectivity index (χ3v) is 5.69. The van der Waals surface area contributed by atoms with Gasteiger partial charge in [-0.1, -0.05) is 18.5 Å². The Morgan fingerprint density at radius 1 is 1.45 bits per heavy atom. The Hall–Kier alpha value is -0.690. The monoisotopic (exact) mass is 320 g/mol. The van der Waals surface area contributed by atoms with Crippen LogP contribution in [-0.2, 0) is 16.6 Å². The predicted molar refractivity (Wildman–Crippen MR) is 76.8 cm³/mol. The van der Waals surface area contributed by atoms with Crippen LogP contribution in [0.5, 0.6) is 0 Å². The zero-order valence-electron chi connectivity index (χ0n) is 11.5. The lowest BCUT2D eigenvalue weighted by Gasteiger charge is -2.17. The van der Waals surface area contributed by atoms with Crippen molar-refractivity contribution in [2.24, 2.45) is 0 Å². The first-order valence-corrected chi connectivity index (χ1v) is 8.36. The Kier molecular flexibility index (Phi) is 4.69. The second kappa shape index (κ2) is 5.97. The maximum absolute atomic E-state index is 13.8. The van der Waals surface area contributed by atoms with E-state index in [4.69, 9.17) is 11.6 Å². The Labute approximate surface area is 124 Å². The van der Waals surface area contributed by atoms with Crippen molar-refractivity contribution in [3.63, 3.8) is 0 Å². The molecule has 0 amide bonds. The van der Waals surface area contributed by atoms with Gasteiger partial charge in [-0.15, -0.1) is 0 Å². The second-order valence-electron chi connectivity index (χ2n) is 4.91. The first-order valence-electron chi connectivity index (χ1n) is 6.54. The summed E-state index contributed by atoms with van der Waals surface area (Å²) in [6.07, 6.45) is 1.71. The van der Waals surface area contributed by atoms with E-state index in [1.54, 1.807) is 0 Å². The summed E-state index contributed by atoms with van der Waals surface area (Å²) in [5.41, 5.74) is 0.455. The Morgan fingerprint density at radius 3 is 2.65 bits per heavy atom. The van der Waals surface area contributed by atoms with E-state index in [1.165, 1.54) is 17.4 Å². The van der Waals surface area contributed by atoms with Crippen LogP contribution in [0.25, 0.3) is 0 Å². The van der Waals surface area contributed by atoms with Gasteiger partial charge < -0.3 is 5.32 Å². The maximum Gasteiger partial charge on any atom is 0.243 e. The first-order chi connectivity index (χ1) is 9.37. The van der Waals surface area contributed by atoms with Crippen molar-refractivity contribution in [2.75, 3.05) is 13.6 Å². The largest absolute Gasteiger partial charge is 0.313 e. The lowest BCUT2D eigenvalue weighted by Crippen LogP contribution is -2.29. The number of hydrogen-bond acceptors (Lipinski definition) is 3. The van der Waals surface area contributed by atoms with Gasteiger partial charge in [-0.25, -0.2) is 12.8 Å². The fraction of sp³-hybridized carbons (Fsp3) is 0.538. The Balaban J connectivity index is 2.38. The van der Waals surface area contributed by atoms with Gasteiger partial charge in [0.2, 0.25) is 10.0 Å². The standard InChI is InChI=1S/C13H18ClFN2O2S/c1-3-16-8-9-6-11(7-12(15)13(9)14)20(18,19)17(2)10-4-5-10/h6-7,10,16H,3-5,8H2,1-2H3. The van der Waals surface area contributed by atoms with Crippen molar-refractivity contribution in [1.29, 1.82) is 0 Å². The predicted octanol–water partition coefficient (Wildman–Crippen LogP) is 2.37. The number of halogens is 2. The summed E-state index contributed by atoms with van der Waals surface area (Å²) in [7, 11) is -2.12. The molecule has 0 unspecified atom stereocenters. The number of rotatable bonds is 6. The molecule has 0 atom stereocenters. The number of sulfonamides is 1. The van der Waals surface area contributed by atoms with Crippen LogP contribution in [0.15, 0.2) is 17.0 Å². The third-order valence-electron chi connectivity index (χ3n) is 3.38. The van der Waals surface area contributed by atoms with E-state index in [2.05, 4.69) is 5.32 Å². The summed E-state index contributed by atoms with van der Waals surface area (Å²) in [6.45, 7) is 2.94. The van der Waals surface area contributed by atoms with Gasteiger partial charge in [0.1, 0.15) is 5.82 Å². The van der Waals surface area contributed by atoms with E-state index in [9.17, 15) is 12.8 Å². The molecule has 1 saturated carbocycles. The molecule has 7 heteroatoms. The van der Waals surface area contributed by atoms with Crippen molar-refractivity contribution in [3.8, 4) is 0 Å². The van der Waals surface area contributed by atoms with Gasteiger partial charge in [-0.2, -0.15) is 4.31 Å². The van der Waals surface area contributed by atoms with Gasteiger partial charge in [0.25, 0.3) is 0 Å². The van der Waals surface area contributed by atoms with Crippen molar-refractivity contribution in [2.45, 2.75) is 37.2 Å². The normalized spacial score (nSPS) is 15.8. The molecule has 1 aliphatic rings. The third kappa shape index (κ3) is 3.14. The van der Waals surface area contributed by atoms with E-state index in [0.29, 0.717) is 18.7 Å². The molecule has 0 radical (unpaired) electrons. The zero-order chi connectivity index (χ0) is 14.9. The molecule has 0 spiro atoms. The average molecular weight is 321 g/mol. The van der Waals surface area contributed by atoms with Crippen LogP contribution in [-0.4, -0.2) is 32.4 Å². The number of nitrogens with one attached hydrogen (secondary N) is 1. The van der Waals surface area contributed by atoms with Crippen LogP contribution >= 0.6 is 11.6 Å². The molecule has 20 heavy (non-hydrogen) atoms. The smallest absolute Gasteiger partial charge is 0.243 e. The first kappa shape index (κ1) is 15.7. The maximum atomic E-state index is 13.8. The van der Waals surface area contributed by atoms with E-state index < -0.39 is 15.8 Å². The van der Waals surface area contributed by atoms with Crippen LogP contribution in [0.3, 0.4) is 0 Å². The van der Waals surface area contributed by atoms with E-state index in [-0.39, 0.29) is 16.0 Å². The van der Waals surface area contributed by atoms with Gasteiger partial charge in [0.05, 0.1) is 9.92 Å². The van der Waals surface area contributed by atoms with Crippen molar-refractivity contribution in [1.82, 2.24) is 9.62 Å². The minimum atomic E-state index is -3.66. The number of benzene rings is 1. The van der Waals surface area contributed by atoms with E-state index >= 15 is 0 Å². The minimum Gasteiger partial charge on any atom is -0.313 e. The molecular formula is C13H18ClFN2O2S. The van der Waals surface area contributed by atoms with Crippen LogP contribution < -0.4 is 5.32 Å². The molecule has 1 aromatic rings. The van der Waals surface area contributed by atoms with Crippen molar-refractivity contribution < 1.29 is 12.8 Å². The quantitative estimate of drug-likeness (QED) is 0.875. The van der Waals surface area contributed by atoms with Crippen molar-refractivity contribution >= 4 is 21.6 Å². The van der Waals surface area contributed by atoms with Crippen LogP contribution in [0.1, 0.15) is 25.3 Å². The van der Waals surface area contributed by atoms with E-state index in [0.717, 1.165) is 18.9 Å². The lowest BCUT2D eigenvalue weighted by atomic mass is 10.2. The molecule has 0 bridgehead atoms. The lowest BCUT2D eigenvalue weighted by molar-refractivity contribution is 0.463. The van der Waals surface area contributed by atoms with E-state index in [1.807, 2.05) is 6.92 Å². The summed E-state index contributed by atoms with van der Waals surface area (Å²) >= 11 is 5.88. The molecule has 1 aliphatic carbocycles. The highest BCUT2D eigenvalue weighted by atomic mass is 35.5. The average Bonchev–Trinajstić information content (AvgIpc) is 3.23. The highest BCUT2D eigenvalue weighted by Crippen LogP contribution is 2.32. The molecule has 1 N–H and O–H groups in total. The second-order valence-corrected chi connectivity index (χ2v) is 7.29. The Bertz CT molecular complexity index is 603. The molecule has 0 saturated heterocycles. The molecule has 0 aliphatic heterocycles. The highest BCUT2D eigenvalue weighted by molar-refractivity contribution is 7.89. The summed E-state index contributed by atoms with van der Waals surface area (Å²) in [5.74, 6) is -0.704. The van der Waals surface area contributed by atoms with Gasteiger partial charge in [0.15, 0.2) is 0 Å². The van der Waals surface area contributed by atoms with Gasteiger partial charge in [-0.3, -0.25) is 0 Å². The zero-order valence-corrected chi connectivity index (χ0v) is 13.1. The summed E-state index contributed by atoms with van der Waals surface area (Å²) in [6, 6.07) is 2.48. The fourth-order valence-electron chi connectivity index (χ4n) is 1.96. The summed E-state index contributed by atoms with van der Waals surface area (Å²) in [5, 5.41) is 2.99. The van der Waals surface area contributed by atoms with Crippen LogP contribution in [0.4, 0.5) is 4.39 Å². The van der Waals surface area contributed by atoms with Crippen molar-refractivity contribution in [3.05, 3.63) is 28.5 Å². The Morgan fingerprint density at radius 2 is 2.10 bits per heavy atom. The molecule has 4 nitrogen and oxygen atoms in total. The topological polar surface area (TPSA) is 49.4 Å². The molecule has 1 fully saturated rings. The fourth-order valence-corrected chi connectivity index (χ4v) is 3.61. The van der Waals surface area contributed by atoms with Gasteiger partial charge in [-0.05, 0) is 37.1 Å². The van der Waals surface area contributed by atoms with Crippen LogP contribution in [0.2, 0.25) is 5.02 Å². The van der Waals surface area contributed by atoms with Gasteiger partial charge in [0, 0.05) is 19.6 Å². The summed E-state index contributed by atoms with van der Waals surface area (Å²) in [4.78, 5) is -0.0401.